The van der Waals surface area contributed by atoms with Gasteiger partial charge in [-0.15, -0.1) is 0 Å². The van der Waals surface area contributed by atoms with Gasteiger partial charge in [0.05, 0.1) is 6.54 Å². The van der Waals surface area contributed by atoms with Gasteiger partial charge in [0.2, 0.25) is 15.9 Å². The van der Waals surface area contributed by atoms with Crippen molar-refractivity contribution in [2.75, 3.05) is 39.3 Å². The Morgan fingerprint density at radius 3 is 2.53 bits per heavy atom. The molecular formula is C22H32FN3O3S. The zero-order valence-electron chi connectivity index (χ0n) is 17.5. The van der Waals surface area contributed by atoms with Gasteiger partial charge >= 0.3 is 0 Å². The number of hydrogen-bond acceptors (Lipinski definition) is 4. The number of benzene rings is 1. The standard InChI is InChI=1S/C22H32FN3O3S/c23-19-9-2-4-11-21(19)30(28,29)25-13-6-12-24(15-16-25)17-22(27)26-14-5-8-18-7-1-3-10-20(18)26/h2,4,9,11,18,20H,1,3,5-8,10,12-17H2. The molecule has 2 heterocycles. The maximum atomic E-state index is 14.1. The van der Waals surface area contributed by atoms with Crippen molar-refractivity contribution in [3.05, 3.63) is 30.1 Å². The van der Waals surface area contributed by atoms with Crippen molar-refractivity contribution in [3.63, 3.8) is 0 Å². The Morgan fingerprint density at radius 2 is 1.70 bits per heavy atom. The van der Waals surface area contributed by atoms with E-state index in [0.29, 0.717) is 44.6 Å². The van der Waals surface area contributed by atoms with Crippen LogP contribution >= 0.6 is 0 Å². The normalized spacial score (nSPS) is 26.8. The van der Waals surface area contributed by atoms with Crippen LogP contribution in [-0.4, -0.2) is 73.7 Å². The highest BCUT2D eigenvalue weighted by molar-refractivity contribution is 7.89. The molecule has 30 heavy (non-hydrogen) atoms. The molecular weight excluding hydrogens is 405 g/mol. The van der Waals surface area contributed by atoms with Crippen molar-refractivity contribution >= 4 is 15.9 Å². The van der Waals surface area contributed by atoms with Crippen LogP contribution in [0, 0.1) is 11.7 Å². The molecule has 0 N–H and O–H groups in total. The van der Waals surface area contributed by atoms with Crippen LogP contribution in [0.15, 0.2) is 29.2 Å². The van der Waals surface area contributed by atoms with E-state index in [1.807, 2.05) is 0 Å². The molecule has 3 aliphatic rings. The highest BCUT2D eigenvalue weighted by atomic mass is 32.2. The second kappa shape index (κ2) is 9.32. The Kier molecular flexibility index (Phi) is 6.75. The highest BCUT2D eigenvalue weighted by Crippen LogP contribution is 2.35. The smallest absolute Gasteiger partial charge is 0.246 e. The third-order valence-electron chi connectivity index (χ3n) is 6.92. The van der Waals surface area contributed by atoms with E-state index in [1.54, 1.807) is 0 Å². The van der Waals surface area contributed by atoms with Crippen molar-refractivity contribution in [3.8, 4) is 0 Å². The lowest BCUT2D eigenvalue weighted by Crippen LogP contribution is -2.52. The summed E-state index contributed by atoms with van der Waals surface area (Å²) < 4.78 is 41.2. The Labute approximate surface area is 179 Å². The number of carbonyl (C=O) groups excluding carboxylic acids is 1. The summed E-state index contributed by atoms with van der Waals surface area (Å²) in [6.07, 6.45) is 7.79. The molecule has 1 saturated carbocycles. The summed E-state index contributed by atoms with van der Waals surface area (Å²) >= 11 is 0. The first-order chi connectivity index (χ1) is 14.5. The van der Waals surface area contributed by atoms with Crippen LogP contribution in [0.5, 0.6) is 0 Å². The van der Waals surface area contributed by atoms with Crippen molar-refractivity contribution in [2.24, 2.45) is 5.92 Å². The van der Waals surface area contributed by atoms with Gasteiger partial charge in [-0.05, 0) is 56.7 Å². The van der Waals surface area contributed by atoms with Gasteiger partial charge in [-0.1, -0.05) is 25.0 Å². The molecule has 3 fully saturated rings. The number of fused-ring (bicyclic) bond motifs is 1. The largest absolute Gasteiger partial charge is 0.338 e. The molecule has 8 heteroatoms. The molecule has 1 aromatic rings. The van der Waals surface area contributed by atoms with Crippen LogP contribution < -0.4 is 0 Å². The molecule has 1 aromatic carbocycles. The van der Waals surface area contributed by atoms with Gasteiger partial charge in [-0.2, -0.15) is 4.31 Å². The monoisotopic (exact) mass is 437 g/mol. The Hall–Kier alpha value is -1.51. The lowest BCUT2D eigenvalue weighted by Gasteiger charge is -2.44. The summed E-state index contributed by atoms with van der Waals surface area (Å²) in [6.45, 7) is 2.97. The molecule has 2 atom stereocenters. The molecule has 0 bridgehead atoms. The van der Waals surface area contributed by atoms with E-state index < -0.39 is 15.8 Å². The summed E-state index contributed by atoms with van der Waals surface area (Å²) in [5.74, 6) is 0.111. The fraction of sp³-hybridized carbons (Fsp3) is 0.682. The first-order valence-corrected chi connectivity index (χ1v) is 12.7. The summed E-state index contributed by atoms with van der Waals surface area (Å²) in [4.78, 5) is 17.0. The molecule has 2 saturated heterocycles. The Morgan fingerprint density at radius 1 is 0.933 bits per heavy atom. The number of likely N-dealkylation sites (tertiary alicyclic amines) is 1. The van der Waals surface area contributed by atoms with Gasteiger partial charge in [0.15, 0.2) is 0 Å². The number of hydrogen-bond donors (Lipinski definition) is 0. The minimum absolute atomic E-state index is 0.178. The second-order valence-corrected chi connectivity index (χ2v) is 10.7. The van der Waals surface area contributed by atoms with Crippen LogP contribution in [0.1, 0.15) is 44.9 Å². The predicted octanol–water partition coefficient (Wildman–Crippen LogP) is 2.70. The van der Waals surface area contributed by atoms with Crippen LogP contribution in [0.3, 0.4) is 0 Å². The van der Waals surface area contributed by atoms with Gasteiger partial charge in [0, 0.05) is 32.2 Å². The van der Waals surface area contributed by atoms with Gasteiger partial charge in [0.1, 0.15) is 10.7 Å². The number of sulfonamides is 1. The van der Waals surface area contributed by atoms with Crippen molar-refractivity contribution < 1.29 is 17.6 Å². The fourth-order valence-corrected chi connectivity index (χ4v) is 6.89. The number of amides is 1. The van der Waals surface area contributed by atoms with Gasteiger partial charge in [-0.25, -0.2) is 12.8 Å². The van der Waals surface area contributed by atoms with Crippen LogP contribution in [-0.2, 0) is 14.8 Å². The maximum absolute atomic E-state index is 14.1. The quantitative estimate of drug-likeness (QED) is 0.727. The van der Waals surface area contributed by atoms with Crippen molar-refractivity contribution in [2.45, 2.75) is 55.9 Å². The first kappa shape index (κ1) is 21.7. The average Bonchev–Trinajstić information content (AvgIpc) is 2.99. The van der Waals surface area contributed by atoms with E-state index >= 15 is 0 Å². The summed E-state index contributed by atoms with van der Waals surface area (Å²) in [7, 11) is -3.87. The predicted molar refractivity (Wildman–Crippen MR) is 113 cm³/mol. The minimum Gasteiger partial charge on any atom is -0.338 e. The molecule has 6 nitrogen and oxygen atoms in total. The molecule has 0 radical (unpaired) electrons. The van der Waals surface area contributed by atoms with Crippen LogP contribution in [0.2, 0.25) is 0 Å². The molecule has 0 spiro atoms. The number of halogens is 1. The lowest BCUT2D eigenvalue weighted by atomic mass is 9.78. The zero-order chi connectivity index (χ0) is 21.1. The topological polar surface area (TPSA) is 60.9 Å². The van der Waals surface area contributed by atoms with Gasteiger partial charge in [0.25, 0.3) is 0 Å². The van der Waals surface area contributed by atoms with E-state index in [1.165, 1.54) is 54.3 Å². The molecule has 1 aliphatic carbocycles. The van der Waals surface area contributed by atoms with E-state index in [-0.39, 0.29) is 17.3 Å². The second-order valence-electron chi connectivity index (χ2n) is 8.81. The van der Waals surface area contributed by atoms with E-state index in [9.17, 15) is 17.6 Å². The Bertz CT molecular complexity index is 861. The fourth-order valence-electron chi connectivity index (χ4n) is 5.36. The molecule has 2 unspecified atom stereocenters. The highest BCUT2D eigenvalue weighted by Gasteiger charge is 2.36. The van der Waals surface area contributed by atoms with E-state index in [0.717, 1.165) is 19.4 Å². The molecule has 4 rings (SSSR count). The number of carbonyl (C=O) groups is 1. The maximum Gasteiger partial charge on any atom is 0.246 e. The molecule has 166 valence electrons. The van der Waals surface area contributed by atoms with E-state index in [2.05, 4.69) is 9.80 Å². The average molecular weight is 438 g/mol. The number of rotatable bonds is 4. The van der Waals surface area contributed by atoms with Crippen LogP contribution in [0.25, 0.3) is 0 Å². The third kappa shape index (κ3) is 4.55. The number of nitrogens with zero attached hydrogens (tertiary/aromatic N) is 3. The summed E-state index contributed by atoms with van der Waals surface area (Å²) in [6, 6.07) is 5.91. The van der Waals surface area contributed by atoms with E-state index in [4.69, 9.17) is 0 Å². The van der Waals surface area contributed by atoms with Crippen molar-refractivity contribution in [1.29, 1.82) is 0 Å². The molecule has 1 amide bonds. The molecule has 2 aliphatic heterocycles. The van der Waals surface area contributed by atoms with Gasteiger partial charge in [-0.3, -0.25) is 9.69 Å². The summed E-state index contributed by atoms with van der Waals surface area (Å²) in [5, 5.41) is 0. The molecule has 0 aromatic heterocycles. The van der Waals surface area contributed by atoms with Gasteiger partial charge < -0.3 is 4.90 Å². The zero-order valence-corrected chi connectivity index (χ0v) is 18.3. The minimum atomic E-state index is -3.87. The lowest BCUT2D eigenvalue weighted by molar-refractivity contribution is -0.138. The van der Waals surface area contributed by atoms with Crippen LogP contribution in [0.4, 0.5) is 4.39 Å². The first-order valence-electron chi connectivity index (χ1n) is 11.2. The third-order valence-corrected chi connectivity index (χ3v) is 8.86. The SMILES string of the molecule is O=C(CN1CCCN(S(=O)(=O)c2ccccc2F)CC1)N1CCCC2CCCCC21. The van der Waals surface area contributed by atoms with Crippen molar-refractivity contribution in [1.82, 2.24) is 14.1 Å². The number of piperidine rings is 1. The Balaban J connectivity index is 1.37. The summed E-state index contributed by atoms with van der Waals surface area (Å²) in [5.41, 5.74) is 0.